The summed E-state index contributed by atoms with van der Waals surface area (Å²) >= 11 is 0. The maximum absolute atomic E-state index is 12.8. The average Bonchev–Trinajstić information content (AvgIpc) is 2.97. The molecule has 0 aliphatic heterocycles. The summed E-state index contributed by atoms with van der Waals surface area (Å²) in [5, 5.41) is 7.00. The summed E-state index contributed by atoms with van der Waals surface area (Å²) in [5.41, 5.74) is 6.65. The first-order chi connectivity index (χ1) is 19.9. The number of benzene rings is 4. The maximum Gasteiger partial charge on any atom is 0.133 e. The molecular formula is C35H36F6O. The Morgan fingerprint density at radius 3 is 1.64 bits per heavy atom. The Hall–Kier alpha value is -4.06. The van der Waals surface area contributed by atoms with Gasteiger partial charge in [-0.25, -0.2) is 26.3 Å². The molecular weight excluding hydrogens is 550 g/mol. The van der Waals surface area contributed by atoms with Crippen LogP contribution < -0.4 is 0 Å². The highest BCUT2D eigenvalue weighted by molar-refractivity contribution is 5.48. The van der Waals surface area contributed by atoms with E-state index < -0.39 is 23.3 Å². The zero-order valence-corrected chi connectivity index (χ0v) is 24.4. The second kappa shape index (κ2) is 20.8. The van der Waals surface area contributed by atoms with Crippen molar-refractivity contribution in [1.82, 2.24) is 0 Å². The van der Waals surface area contributed by atoms with Crippen LogP contribution >= 0.6 is 0 Å². The third-order valence-corrected chi connectivity index (χ3v) is 5.55. The molecule has 4 aromatic rings. The van der Waals surface area contributed by atoms with Crippen molar-refractivity contribution in [3.8, 4) is 0 Å². The molecule has 0 saturated heterocycles. The zero-order valence-electron chi connectivity index (χ0n) is 24.4. The van der Waals surface area contributed by atoms with Crippen LogP contribution in [-0.2, 0) is 12.8 Å². The third-order valence-electron chi connectivity index (χ3n) is 5.55. The second-order valence-electron chi connectivity index (χ2n) is 8.57. The van der Waals surface area contributed by atoms with E-state index in [9.17, 15) is 26.3 Å². The van der Waals surface area contributed by atoms with Crippen molar-refractivity contribution in [2.24, 2.45) is 0 Å². The van der Waals surface area contributed by atoms with Crippen LogP contribution in [0.3, 0.4) is 0 Å². The Morgan fingerprint density at radius 1 is 0.667 bits per heavy atom. The van der Waals surface area contributed by atoms with E-state index in [2.05, 4.69) is 12.7 Å². The van der Waals surface area contributed by atoms with Gasteiger partial charge in [0.25, 0.3) is 0 Å². The van der Waals surface area contributed by atoms with Crippen LogP contribution in [0.2, 0.25) is 0 Å². The topological polar surface area (TPSA) is 20.2 Å². The number of aliphatic hydroxyl groups is 1. The van der Waals surface area contributed by atoms with E-state index in [1.165, 1.54) is 35.9 Å². The van der Waals surface area contributed by atoms with Crippen LogP contribution in [0.15, 0.2) is 78.5 Å². The quantitative estimate of drug-likeness (QED) is 0.187. The largest absolute Gasteiger partial charge is 0.400 e. The van der Waals surface area contributed by atoms with Gasteiger partial charge in [-0.05, 0) is 110 Å². The lowest BCUT2D eigenvalue weighted by atomic mass is 10.1. The van der Waals surface area contributed by atoms with E-state index in [4.69, 9.17) is 11.7 Å². The molecule has 0 bridgehead atoms. The fraction of sp³-hybridized carbons (Fsp3) is 0.200. The lowest BCUT2D eigenvalue weighted by Gasteiger charge is -2.00. The van der Waals surface area contributed by atoms with Gasteiger partial charge in [-0.1, -0.05) is 38.1 Å². The van der Waals surface area contributed by atoms with Gasteiger partial charge in [0.1, 0.15) is 34.9 Å². The van der Waals surface area contributed by atoms with Gasteiger partial charge in [-0.2, -0.15) is 0 Å². The van der Waals surface area contributed by atoms with Gasteiger partial charge in [0.2, 0.25) is 0 Å². The first-order valence-corrected chi connectivity index (χ1v) is 12.9. The Labute approximate surface area is 245 Å². The third kappa shape index (κ3) is 14.5. The van der Waals surface area contributed by atoms with Crippen molar-refractivity contribution in [1.29, 1.82) is 0 Å². The van der Waals surface area contributed by atoms with E-state index >= 15 is 0 Å². The van der Waals surface area contributed by atoms with Crippen molar-refractivity contribution in [2.75, 3.05) is 7.11 Å². The van der Waals surface area contributed by atoms with E-state index in [1.807, 2.05) is 39.0 Å². The van der Waals surface area contributed by atoms with Gasteiger partial charge >= 0.3 is 0 Å². The molecule has 4 aromatic carbocycles. The first kappa shape index (κ1) is 37.9. The van der Waals surface area contributed by atoms with Crippen molar-refractivity contribution < 1.29 is 31.4 Å². The van der Waals surface area contributed by atoms with Gasteiger partial charge in [0.05, 0.1) is 0 Å². The lowest BCUT2D eigenvalue weighted by molar-refractivity contribution is 0.399. The minimum absolute atomic E-state index is 0.0978. The molecule has 0 aliphatic carbocycles. The highest BCUT2D eigenvalue weighted by Gasteiger charge is 1.99. The Bertz CT molecular complexity index is 1430. The number of hydrogen-bond acceptors (Lipinski definition) is 1. The summed E-state index contributed by atoms with van der Waals surface area (Å²) in [6.07, 6.45) is 3.05. The van der Waals surface area contributed by atoms with Crippen molar-refractivity contribution in [3.63, 3.8) is 0 Å². The molecule has 0 aromatic heterocycles. The number of aliphatic hydroxyl groups excluding tert-OH is 1. The highest BCUT2D eigenvalue weighted by atomic mass is 19.2. The average molecular weight is 587 g/mol. The molecule has 0 heterocycles. The molecule has 0 fully saturated rings. The molecule has 1 nitrogen and oxygen atoms in total. The molecule has 0 atom stereocenters. The highest BCUT2D eigenvalue weighted by Crippen LogP contribution is 2.11. The minimum Gasteiger partial charge on any atom is -0.400 e. The van der Waals surface area contributed by atoms with Crippen LogP contribution in [0.5, 0.6) is 0 Å². The van der Waals surface area contributed by atoms with E-state index in [0.29, 0.717) is 0 Å². The van der Waals surface area contributed by atoms with Crippen LogP contribution in [0.4, 0.5) is 26.3 Å². The number of aryl methyl sites for hydroxylation is 4. The molecule has 2 radical (unpaired) electrons. The van der Waals surface area contributed by atoms with Crippen molar-refractivity contribution >= 4 is 6.08 Å². The molecule has 7 heteroatoms. The predicted octanol–water partition coefficient (Wildman–Crippen LogP) is 9.71. The van der Waals surface area contributed by atoms with Crippen molar-refractivity contribution in [2.45, 2.75) is 40.5 Å². The van der Waals surface area contributed by atoms with Gasteiger partial charge in [0.15, 0.2) is 0 Å². The van der Waals surface area contributed by atoms with Crippen LogP contribution in [0, 0.1) is 62.3 Å². The summed E-state index contributed by atoms with van der Waals surface area (Å²) in [4.78, 5) is 0. The Morgan fingerprint density at radius 2 is 1.19 bits per heavy atom. The smallest absolute Gasteiger partial charge is 0.133 e. The Kier molecular flexibility index (Phi) is 18.8. The van der Waals surface area contributed by atoms with Gasteiger partial charge in [0, 0.05) is 24.8 Å². The summed E-state index contributed by atoms with van der Waals surface area (Å²) in [6.45, 7) is 16.0. The second-order valence-corrected chi connectivity index (χ2v) is 8.57. The van der Waals surface area contributed by atoms with Gasteiger partial charge in [-0.3, -0.25) is 0 Å². The van der Waals surface area contributed by atoms with Crippen molar-refractivity contribution in [3.05, 3.63) is 160 Å². The molecule has 0 saturated carbocycles. The monoisotopic (exact) mass is 586 g/mol. The van der Waals surface area contributed by atoms with Crippen LogP contribution in [0.25, 0.3) is 6.08 Å². The maximum atomic E-state index is 12.8. The number of halogens is 6. The number of rotatable bonds is 3. The SMILES string of the molecule is CCc1cc(F)ccc1C.CCc1ccc(C)c(F)c1.CO.[CH2]c1ccc(F)cc1F.[CH]=C=Cc1ccc(F)cc1F. The predicted molar refractivity (Wildman–Crippen MR) is 159 cm³/mol. The minimum atomic E-state index is -0.636. The molecule has 0 amide bonds. The number of hydrogen-bond donors (Lipinski definition) is 1. The molecule has 42 heavy (non-hydrogen) atoms. The normalized spacial score (nSPS) is 9.26. The van der Waals surface area contributed by atoms with E-state index in [-0.39, 0.29) is 22.8 Å². The Balaban J connectivity index is 0.000000524. The molecule has 224 valence electrons. The van der Waals surface area contributed by atoms with Gasteiger partial charge in [-0.15, -0.1) is 5.73 Å². The zero-order chi connectivity index (χ0) is 32.2. The summed E-state index contributed by atoms with van der Waals surface area (Å²) in [6, 6.07) is 16.8. The lowest BCUT2D eigenvalue weighted by Crippen LogP contribution is -1.86. The summed E-state index contributed by atoms with van der Waals surface area (Å²) < 4.78 is 74.6. The van der Waals surface area contributed by atoms with E-state index in [1.54, 1.807) is 19.1 Å². The standard InChI is InChI=1S/C9H5F2.2C9H11F.C7H5F2.CH4O/c1-2-3-7-4-5-8(10)6-9(7)11;1-3-8-6-9(10)5-4-7(8)2;1-3-8-5-4-7(2)9(10)6-8;1-5-2-3-6(8)4-7(5)9;1-2/h1,3-6H;2*4-6H,3H2,1-2H3;2-4H,1H2;2H,1H3. The molecule has 0 unspecified atom stereocenters. The summed E-state index contributed by atoms with van der Waals surface area (Å²) in [5.74, 6) is -2.64. The molecule has 0 aliphatic rings. The van der Waals surface area contributed by atoms with Crippen LogP contribution in [0.1, 0.15) is 47.2 Å². The summed E-state index contributed by atoms with van der Waals surface area (Å²) in [7, 11) is 1.00. The van der Waals surface area contributed by atoms with Gasteiger partial charge < -0.3 is 5.11 Å². The molecule has 1 N–H and O–H groups in total. The fourth-order valence-electron chi connectivity index (χ4n) is 3.11. The van der Waals surface area contributed by atoms with E-state index in [0.717, 1.165) is 54.8 Å². The van der Waals surface area contributed by atoms with Crippen LogP contribution in [-0.4, -0.2) is 12.2 Å². The fourth-order valence-corrected chi connectivity index (χ4v) is 3.11. The molecule has 0 spiro atoms. The first-order valence-electron chi connectivity index (χ1n) is 12.9. The molecule has 4 rings (SSSR count).